The lowest BCUT2D eigenvalue weighted by Crippen LogP contribution is -2.16. The van der Waals surface area contributed by atoms with Gasteiger partial charge in [-0.2, -0.15) is 5.26 Å². The predicted molar refractivity (Wildman–Crippen MR) is 69.7 cm³/mol. The van der Waals surface area contributed by atoms with E-state index in [9.17, 15) is 0 Å². The highest BCUT2D eigenvalue weighted by Crippen LogP contribution is 2.27. The van der Waals surface area contributed by atoms with Crippen molar-refractivity contribution in [3.63, 3.8) is 0 Å². The van der Waals surface area contributed by atoms with E-state index in [1.54, 1.807) is 6.07 Å². The smallest absolute Gasteiger partial charge is 0.165 e. The van der Waals surface area contributed by atoms with E-state index in [1.165, 1.54) is 11.1 Å². The van der Waals surface area contributed by atoms with Gasteiger partial charge in [0.25, 0.3) is 0 Å². The summed E-state index contributed by atoms with van der Waals surface area (Å²) in [5.41, 5.74) is 9.03. The van der Waals surface area contributed by atoms with Gasteiger partial charge >= 0.3 is 0 Å². The molecular formula is C14H12N4. The van der Waals surface area contributed by atoms with Crippen LogP contribution in [-0.2, 0) is 13.1 Å². The average Bonchev–Trinajstić information content (AvgIpc) is 2.83. The van der Waals surface area contributed by atoms with Gasteiger partial charge in [0.1, 0.15) is 11.9 Å². The fourth-order valence-electron chi connectivity index (χ4n) is 2.22. The van der Waals surface area contributed by atoms with Crippen LogP contribution in [0.5, 0.6) is 0 Å². The lowest BCUT2D eigenvalue weighted by Gasteiger charge is -2.16. The monoisotopic (exact) mass is 236 g/mol. The maximum absolute atomic E-state index is 8.95. The number of hydrogen-bond donors (Lipinski definition) is 1. The molecule has 2 N–H and O–H groups in total. The third kappa shape index (κ3) is 1.66. The van der Waals surface area contributed by atoms with E-state index >= 15 is 0 Å². The molecule has 0 spiro atoms. The number of benzene rings is 1. The molecule has 0 aliphatic carbocycles. The van der Waals surface area contributed by atoms with Gasteiger partial charge in [-0.25, -0.2) is 4.98 Å². The molecule has 1 aromatic heterocycles. The maximum Gasteiger partial charge on any atom is 0.165 e. The summed E-state index contributed by atoms with van der Waals surface area (Å²) in [5.74, 6) is 0.803. The minimum atomic E-state index is 0.295. The molecule has 1 aliphatic rings. The van der Waals surface area contributed by atoms with Crippen molar-refractivity contribution in [3.8, 4) is 6.07 Å². The lowest BCUT2D eigenvalue weighted by molar-refractivity contribution is 0.855. The van der Waals surface area contributed by atoms with Crippen molar-refractivity contribution in [2.75, 3.05) is 10.6 Å². The van der Waals surface area contributed by atoms with Crippen LogP contribution in [0.15, 0.2) is 36.4 Å². The fourth-order valence-corrected chi connectivity index (χ4v) is 2.22. The molecule has 0 radical (unpaired) electrons. The largest absolute Gasteiger partial charge is 0.396 e. The van der Waals surface area contributed by atoms with Crippen LogP contribution in [0.4, 0.5) is 11.5 Å². The summed E-state index contributed by atoms with van der Waals surface area (Å²) >= 11 is 0. The molecule has 0 saturated carbocycles. The molecule has 3 rings (SSSR count). The van der Waals surface area contributed by atoms with E-state index < -0.39 is 0 Å². The minimum absolute atomic E-state index is 0.295. The maximum atomic E-state index is 8.95. The Labute approximate surface area is 105 Å². The summed E-state index contributed by atoms with van der Waals surface area (Å²) in [4.78, 5) is 6.44. The Kier molecular flexibility index (Phi) is 2.38. The van der Waals surface area contributed by atoms with Crippen molar-refractivity contribution in [2.24, 2.45) is 0 Å². The first-order chi connectivity index (χ1) is 8.78. The number of nitrogen functional groups attached to an aromatic ring is 1. The van der Waals surface area contributed by atoms with Crippen LogP contribution in [0.3, 0.4) is 0 Å². The van der Waals surface area contributed by atoms with Gasteiger partial charge in [0.15, 0.2) is 5.69 Å². The van der Waals surface area contributed by atoms with Gasteiger partial charge in [-0.05, 0) is 23.3 Å². The first kappa shape index (κ1) is 10.6. The molecule has 2 heterocycles. The van der Waals surface area contributed by atoms with Crippen LogP contribution in [0, 0.1) is 11.3 Å². The molecular weight excluding hydrogens is 224 g/mol. The van der Waals surface area contributed by atoms with Crippen molar-refractivity contribution < 1.29 is 0 Å². The van der Waals surface area contributed by atoms with Crippen molar-refractivity contribution in [1.29, 1.82) is 5.26 Å². The standard InChI is InChI=1S/C14H12N4/c15-7-13-12(16)5-6-14(17-13)18-8-10-3-1-2-4-11(10)9-18/h1-6H,8-9,16H2. The molecule has 1 aromatic carbocycles. The van der Waals surface area contributed by atoms with Gasteiger partial charge in [-0.15, -0.1) is 0 Å². The second kappa shape index (κ2) is 4.04. The molecule has 4 nitrogen and oxygen atoms in total. The summed E-state index contributed by atoms with van der Waals surface area (Å²) in [6.07, 6.45) is 0. The van der Waals surface area contributed by atoms with E-state index in [2.05, 4.69) is 22.0 Å². The van der Waals surface area contributed by atoms with E-state index in [0.717, 1.165) is 18.9 Å². The van der Waals surface area contributed by atoms with Crippen LogP contribution in [-0.4, -0.2) is 4.98 Å². The van der Waals surface area contributed by atoms with E-state index in [0.29, 0.717) is 11.4 Å². The topological polar surface area (TPSA) is 65.9 Å². The average molecular weight is 236 g/mol. The summed E-state index contributed by atoms with van der Waals surface area (Å²) < 4.78 is 0. The molecule has 0 fully saturated rings. The zero-order valence-electron chi connectivity index (χ0n) is 9.80. The quantitative estimate of drug-likeness (QED) is 0.823. The summed E-state index contributed by atoms with van der Waals surface area (Å²) in [6, 6.07) is 13.9. The van der Waals surface area contributed by atoms with E-state index in [4.69, 9.17) is 11.0 Å². The SMILES string of the molecule is N#Cc1nc(N2Cc3ccccc3C2)ccc1N. The van der Waals surface area contributed by atoms with Gasteiger partial charge in [-0.3, -0.25) is 0 Å². The lowest BCUT2D eigenvalue weighted by atomic mass is 10.1. The number of nitrogens with zero attached hydrogens (tertiary/aromatic N) is 3. The summed E-state index contributed by atoms with van der Waals surface area (Å²) in [6.45, 7) is 1.66. The highest BCUT2D eigenvalue weighted by molar-refractivity contribution is 5.57. The van der Waals surface area contributed by atoms with Crippen LogP contribution in [0.2, 0.25) is 0 Å². The van der Waals surface area contributed by atoms with Crippen molar-refractivity contribution in [1.82, 2.24) is 4.98 Å². The number of nitriles is 1. The first-order valence-electron chi connectivity index (χ1n) is 5.76. The van der Waals surface area contributed by atoms with E-state index in [-0.39, 0.29) is 0 Å². The molecule has 0 amide bonds. The third-order valence-corrected chi connectivity index (χ3v) is 3.18. The molecule has 0 bridgehead atoms. The second-order valence-electron chi connectivity index (χ2n) is 4.34. The Balaban J connectivity index is 1.93. The molecule has 88 valence electrons. The number of fused-ring (bicyclic) bond motifs is 1. The molecule has 1 aliphatic heterocycles. The van der Waals surface area contributed by atoms with Crippen LogP contribution in [0.25, 0.3) is 0 Å². The number of pyridine rings is 1. The van der Waals surface area contributed by atoms with Crippen LogP contribution < -0.4 is 10.6 Å². The summed E-state index contributed by atoms with van der Waals surface area (Å²) in [5, 5.41) is 8.95. The van der Waals surface area contributed by atoms with Crippen LogP contribution in [0.1, 0.15) is 16.8 Å². The molecule has 0 unspecified atom stereocenters. The number of nitrogens with two attached hydrogens (primary N) is 1. The number of rotatable bonds is 1. The fraction of sp³-hybridized carbons (Fsp3) is 0.143. The molecule has 18 heavy (non-hydrogen) atoms. The van der Waals surface area contributed by atoms with Crippen molar-refractivity contribution in [3.05, 3.63) is 53.2 Å². The minimum Gasteiger partial charge on any atom is -0.396 e. The third-order valence-electron chi connectivity index (χ3n) is 3.18. The highest BCUT2D eigenvalue weighted by Gasteiger charge is 2.19. The Morgan fingerprint density at radius 1 is 1.11 bits per heavy atom. The first-order valence-corrected chi connectivity index (χ1v) is 5.76. The number of hydrogen-bond acceptors (Lipinski definition) is 4. The van der Waals surface area contributed by atoms with Crippen molar-refractivity contribution in [2.45, 2.75) is 13.1 Å². The number of aromatic nitrogens is 1. The number of anilines is 2. The Bertz CT molecular complexity index is 617. The predicted octanol–water partition coefficient (Wildman–Crippen LogP) is 2.06. The van der Waals surface area contributed by atoms with Gasteiger partial charge in [0.05, 0.1) is 5.69 Å². The van der Waals surface area contributed by atoms with E-state index in [1.807, 2.05) is 24.3 Å². The van der Waals surface area contributed by atoms with Crippen molar-refractivity contribution >= 4 is 11.5 Å². The normalized spacial score (nSPS) is 13.2. The zero-order valence-corrected chi connectivity index (χ0v) is 9.80. The molecule has 2 aromatic rings. The van der Waals surface area contributed by atoms with Gasteiger partial charge in [-0.1, -0.05) is 24.3 Å². The molecule has 0 saturated heterocycles. The second-order valence-corrected chi connectivity index (χ2v) is 4.34. The molecule has 4 heteroatoms. The Morgan fingerprint density at radius 3 is 2.39 bits per heavy atom. The Morgan fingerprint density at radius 2 is 1.78 bits per heavy atom. The molecule has 0 atom stereocenters. The zero-order chi connectivity index (χ0) is 12.5. The summed E-state index contributed by atoms with van der Waals surface area (Å²) in [7, 11) is 0. The van der Waals surface area contributed by atoms with Gasteiger partial charge in [0, 0.05) is 13.1 Å². The van der Waals surface area contributed by atoms with Crippen LogP contribution >= 0.6 is 0 Å². The highest BCUT2D eigenvalue weighted by atomic mass is 15.2. The van der Waals surface area contributed by atoms with Gasteiger partial charge in [0.2, 0.25) is 0 Å². The Hall–Kier alpha value is -2.54. The van der Waals surface area contributed by atoms with Gasteiger partial charge < -0.3 is 10.6 Å².